The normalized spacial score (nSPS) is 12.0. The van der Waals surface area contributed by atoms with Crippen LogP contribution in [0.2, 0.25) is 0 Å². The molecular formula is C40H26N2S2. The second kappa shape index (κ2) is 10.8. The fourth-order valence-electron chi connectivity index (χ4n) is 5.95. The highest BCUT2D eigenvalue weighted by molar-refractivity contribution is 7.26. The molecule has 0 aliphatic heterocycles. The first kappa shape index (κ1) is 26.5. The Hall–Kier alpha value is -5.16. The minimum Gasteiger partial charge on any atom is -0.235 e. The van der Waals surface area contributed by atoms with Gasteiger partial charge in [-0.05, 0) is 63.7 Å². The van der Waals surface area contributed by atoms with Crippen LogP contribution in [0.4, 0.5) is 0 Å². The maximum Gasteiger partial charge on any atom is 0.116 e. The van der Waals surface area contributed by atoms with Gasteiger partial charge in [-0.2, -0.15) is 0 Å². The zero-order chi connectivity index (χ0) is 29.6. The topological polar surface area (TPSA) is 25.8 Å². The highest BCUT2D eigenvalue weighted by atomic mass is 32.1. The second-order valence-electron chi connectivity index (χ2n) is 10.8. The van der Waals surface area contributed by atoms with Crippen LogP contribution in [0.25, 0.3) is 74.0 Å². The van der Waals surface area contributed by atoms with E-state index in [0.717, 1.165) is 49.1 Å². The van der Waals surface area contributed by atoms with Crippen molar-refractivity contribution in [3.8, 4) is 22.4 Å². The van der Waals surface area contributed by atoms with E-state index in [0.29, 0.717) is 0 Å². The van der Waals surface area contributed by atoms with E-state index in [1.165, 1.54) is 36.0 Å². The zero-order valence-corrected chi connectivity index (χ0v) is 25.5. The lowest BCUT2D eigenvalue weighted by Crippen LogP contribution is -1.87. The molecule has 3 aromatic heterocycles. The fourth-order valence-corrected chi connectivity index (χ4v) is 8.34. The molecule has 0 saturated heterocycles. The maximum absolute atomic E-state index is 4.70. The quantitative estimate of drug-likeness (QED) is 0.178. The molecule has 5 aromatic carbocycles. The van der Waals surface area contributed by atoms with Crippen molar-refractivity contribution in [2.75, 3.05) is 0 Å². The molecule has 44 heavy (non-hydrogen) atoms. The molecule has 0 spiro atoms. The molecule has 0 bridgehead atoms. The Bertz CT molecular complexity index is 2430. The fraction of sp³-hybridized carbons (Fsp3) is 0. The lowest BCUT2D eigenvalue weighted by molar-refractivity contribution is 1.24. The molecular weight excluding hydrogens is 573 g/mol. The van der Waals surface area contributed by atoms with Gasteiger partial charge in [0.2, 0.25) is 0 Å². The third-order valence-corrected chi connectivity index (χ3v) is 10.5. The highest BCUT2D eigenvalue weighted by Gasteiger charge is 2.15. The number of nitrogens with zero attached hydrogens (tertiary/aromatic N) is 2. The van der Waals surface area contributed by atoms with Crippen molar-refractivity contribution in [3.63, 3.8) is 0 Å². The molecule has 8 rings (SSSR count). The Labute approximate surface area is 263 Å². The van der Waals surface area contributed by atoms with Crippen molar-refractivity contribution in [1.82, 2.24) is 9.97 Å². The molecule has 0 radical (unpaired) electrons. The van der Waals surface area contributed by atoms with E-state index in [4.69, 9.17) is 4.98 Å². The molecule has 0 aliphatic rings. The van der Waals surface area contributed by atoms with Gasteiger partial charge in [0.1, 0.15) is 6.33 Å². The summed E-state index contributed by atoms with van der Waals surface area (Å²) in [4.78, 5) is 9.34. The van der Waals surface area contributed by atoms with Gasteiger partial charge in [0.05, 0.1) is 15.9 Å². The number of hydrogen-bond acceptors (Lipinski definition) is 4. The van der Waals surface area contributed by atoms with Crippen molar-refractivity contribution < 1.29 is 0 Å². The van der Waals surface area contributed by atoms with Crippen molar-refractivity contribution in [2.24, 2.45) is 0 Å². The van der Waals surface area contributed by atoms with Crippen molar-refractivity contribution in [1.29, 1.82) is 0 Å². The van der Waals surface area contributed by atoms with E-state index in [-0.39, 0.29) is 0 Å². The summed E-state index contributed by atoms with van der Waals surface area (Å²) in [5, 5.41) is 3.74. The molecule has 0 aliphatic carbocycles. The number of thiophene rings is 2. The molecule has 3 heterocycles. The van der Waals surface area contributed by atoms with Crippen LogP contribution in [-0.4, -0.2) is 9.97 Å². The van der Waals surface area contributed by atoms with Gasteiger partial charge in [-0.3, -0.25) is 0 Å². The number of fused-ring (bicyclic) bond motifs is 6. The van der Waals surface area contributed by atoms with Crippen LogP contribution >= 0.6 is 22.7 Å². The summed E-state index contributed by atoms with van der Waals surface area (Å²) in [6.45, 7) is 8.63. The first-order valence-electron chi connectivity index (χ1n) is 14.4. The third kappa shape index (κ3) is 4.47. The Morgan fingerprint density at radius 1 is 0.614 bits per heavy atom. The molecule has 0 saturated carbocycles. The SMILES string of the molecule is C=C/C(=C\C(=C)c1cccc(-c2cccc3c2sc2ccccc23)c1)c1ccc2sc3c(-c4ccccc4)ncnc3c2c1. The van der Waals surface area contributed by atoms with Crippen molar-refractivity contribution in [3.05, 3.63) is 158 Å². The van der Waals surface area contributed by atoms with Crippen LogP contribution in [0, 0.1) is 0 Å². The smallest absolute Gasteiger partial charge is 0.116 e. The first-order chi connectivity index (χ1) is 21.7. The predicted molar refractivity (Wildman–Crippen MR) is 192 cm³/mol. The van der Waals surface area contributed by atoms with E-state index in [1.54, 1.807) is 17.7 Å². The minimum atomic E-state index is 0.939. The van der Waals surface area contributed by atoms with Gasteiger partial charge >= 0.3 is 0 Å². The molecule has 4 heteroatoms. The van der Waals surface area contributed by atoms with E-state index in [9.17, 15) is 0 Å². The number of rotatable bonds is 6. The lowest BCUT2D eigenvalue weighted by Gasteiger charge is -2.09. The monoisotopic (exact) mass is 598 g/mol. The molecule has 0 fully saturated rings. The molecule has 8 aromatic rings. The third-order valence-electron chi connectivity index (χ3n) is 8.13. The standard InChI is InChI=1S/C40H26N2S2/c1-3-26(29-19-20-36-34(23-29)38-40(44-36)37(41-24-42-38)27-11-5-4-6-12-27)21-25(2)28-13-9-14-30(22-28)31-16-10-17-33-32-15-7-8-18-35(32)43-39(31)33/h3-24H,1-2H2/b26-21+. The summed E-state index contributed by atoms with van der Waals surface area (Å²) < 4.78 is 4.91. The summed E-state index contributed by atoms with van der Waals surface area (Å²) in [6.07, 6.45) is 5.71. The van der Waals surface area contributed by atoms with Crippen LogP contribution in [0.1, 0.15) is 11.1 Å². The van der Waals surface area contributed by atoms with E-state index in [1.807, 2.05) is 35.6 Å². The molecule has 0 N–H and O–H groups in total. The Kier molecular flexibility index (Phi) is 6.52. The number of benzene rings is 5. The predicted octanol–water partition coefficient (Wildman–Crippen LogP) is 11.8. The van der Waals surface area contributed by atoms with Gasteiger partial charge in [0.15, 0.2) is 0 Å². The van der Waals surface area contributed by atoms with Crippen molar-refractivity contribution >= 4 is 74.3 Å². The van der Waals surface area contributed by atoms with E-state index >= 15 is 0 Å². The summed E-state index contributed by atoms with van der Waals surface area (Å²) in [7, 11) is 0. The summed E-state index contributed by atoms with van der Waals surface area (Å²) in [5.74, 6) is 0. The summed E-state index contributed by atoms with van der Waals surface area (Å²) in [5.41, 5.74) is 9.61. The van der Waals surface area contributed by atoms with Gasteiger partial charge in [0, 0.05) is 35.8 Å². The van der Waals surface area contributed by atoms with Gasteiger partial charge in [-0.1, -0.05) is 110 Å². The van der Waals surface area contributed by atoms with Gasteiger partial charge < -0.3 is 0 Å². The van der Waals surface area contributed by atoms with Gasteiger partial charge in [-0.25, -0.2) is 9.97 Å². The number of allylic oxidation sites excluding steroid dienone is 4. The zero-order valence-electron chi connectivity index (χ0n) is 23.8. The Balaban J connectivity index is 1.17. The second-order valence-corrected chi connectivity index (χ2v) is 12.9. The summed E-state index contributed by atoms with van der Waals surface area (Å²) in [6, 6.07) is 40.8. The van der Waals surface area contributed by atoms with Gasteiger partial charge in [0.25, 0.3) is 0 Å². The van der Waals surface area contributed by atoms with Crippen molar-refractivity contribution in [2.45, 2.75) is 0 Å². The highest BCUT2D eigenvalue weighted by Crippen LogP contribution is 2.41. The molecule has 0 amide bonds. The average molecular weight is 599 g/mol. The molecule has 2 nitrogen and oxygen atoms in total. The Morgan fingerprint density at radius 2 is 1.36 bits per heavy atom. The van der Waals surface area contributed by atoms with Crippen LogP contribution < -0.4 is 0 Å². The van der Waals surface area contributed by atoms with Crippen LogP contribution in [0.3, 0.4) is 0 Å². The van der Waals surface area contributed by atoms with Crippen LogP contribution in [0.5, 0.6) is 0 Å². The van der Waals surface area contributed by atoms with E-state index in [2.05, 4.69) is 121 Å². The first-order valence-corrected chi connectivity index (χ1v) is 16.1. The number of aromatic nitrogens is 2. The largest absolute Gasteiger partial charge is 0.235 e. The van der Waals surface area contributed by atoms with Gasteiger partial charge in [-0.15, -0.1) is 22.7 Å². The number of hydrogen-bond donors (Lipinski definition) is 0. The van der Waals surface area contributed by atoms with Crippen LogP contribution in [0.15, 0.2) is 147 Å². The molecule has 0 atom stereocenters. The Morgan fingerprint density at radius 3 is 2.25 bits per heavy atom. The van der Waals surface area contributed by atoms with E-state index < -0.39 is 0 Å². The minimum absolute atomic E-state index is 0.939. The lowest BCUT2D eigenvalue weighted by atomic mass is 9.96. The summed E-state index contributed by atoms with van der Waals surface area (Å²) >= 11 is 3.59. The van der Waals surface area contributed by atoms with Crippen LogP contribution in [-0.2, 0) is 0 Å². The average Bonchev–Trinajstić information content (AvgIpc) is 3.65. The maximum atomic E-state index is 4.70. The molecule has 0 unspecified atom stereocenters. The molecule has 208 valence electrons.